The highest BCUT2D eigenvalue weighted by Crippen LogP contribution is 2.19. The summed E-state index contributed by atoms with van der Waals surface area (Å²) in [6, 6.07) is 0. The van der Waals surface area contributed by atoms with E-state index in [1.807, 2.05) is 0 Å². The quantitative estimate of drug-likeness (QED) is 0.407. The Morgan fingerprint density at radius 3 is 2.25 bits per heavy atom. The topological polar surface area (TPSA) is 107 Å². The Morgan fingerprint density at radius 2 is 1.88 bits per heavy atom. The van der Waals surface area contributed by atoms with Crippen molar-refractivity contribution in [3.8, 4) is 0 Å². The van der Waals surface area contributed by atoms with Crippen LogP contribution in [0.2, 0.25) is 0 Å². The largest absolute Gasteiger partial charge is 0.481 e. The number of aliphatic hydroxyl groups is 2. The predicted octanol–water partition coefficient (Wildman–Crippen LogP) is -1.96. The van der Waals surface area contributed by atoms with Crippen molar-refractivity contribution in [1.82, 2.24) is 5.32 Å². The average Bonchev–Trinajstić information content (AvgIpc) is 2.15. The fourth-order valence-corrected chi connectivity index (χ4v) is 0.831. The van der Waals surface area contributed by atoms with Crippen molar-refractivity contribution in [3.05, 3.63) is 0 Å². The highest BCUT2D eigenvalue weighted by molar-refractivity contribution is 5.81. The molecule has 4 N–H and O–H groups in total. The van der Waals surface area contributed by atoms with Crippen LogP contribution in [0.15, 0.2) is 0 Å². The SMILES string of the molecule is CC(C)(CO)C(O)C(=O)NCCC(=O)O.[MgH2]. The first-order valence-corrected chi connectivity index (χ1v) is 4.59. The van der Waals surface area contributed by atoms with Crippen molar-refractivity contribution in [1.29, 1.82) is 0 Å². The van der Waals surface area contributed by atoms with Crippen LogP contribution >= 0.6 is 0 Å². The molecule has 16 heavy (non-hydrogen) atoms. The number of nitrogens with one attached hydrogen (secondary N) is 1. The molecule has 0 aromatic heterocycles. The lowest BCUT2D eigenvalue weighted by Gasteiger charge is -2.26. The monoisotopic (exact) mass is 245 g/mol. The van der Waals surface area contributed by atoms with E-state index in [9.17, 15) is 14.7 Å². The summed E-state index contributed by atoms with van der Waals surface area (Å²) in [4.78, 5) is 21.4. The molecule has 0 fully saturated rings. The molecular formula is C9H19MgNO5. The lowest BCUT2D eigenvalue weighted by atomic mass is 9.87. The number of carbonyl (C=O) groups is 2. The summed E-state index contributed by atoms with van der Waals surface area (Å²) in [6.45, 7) is 2.70. The van der Waals surface area contributed by atoms with Gasteiger partial charge in [0.25, 0.3) is 0 Å². The summed E-state index contributed by atoms with van der Waals surface area (Å²) < 4.78 is 0. The number of hydrogen-bond acceptors (Lipinski definition) is 4. The summed E-state index contributed by atoms with van der Waals surface area (Å²) in [5.74, 6) is -1.69. The van der Waals surface area contributed by atoms with Crippen LogP contribution in [0, 0.1) is 5.41 Å². The summed E-state index contributed by atoms with van der Waals surface area (Å²) in [5, 5.41) is 29.0. The summed E-state index contributed by atoms with van der Waals surface area (Å²) >= 11 is 0. The molecule has 0 aliphatic carbocycles. The molecule has 1 atom stereocenters. The van der Waals surface area contributed by atoms with Gasteiger partial charge < -0.3 is 20.6 Å². The Bertz CT molecular complexity index is 244. The second-order valence-corrected chi connectivity index (χ2v) is 3.98. The van der Waals surface area contributed by atoms with Crippen LogP contribution in [0.1, 0.15) is 20.3 Å². The molecular weight excluding hydrogens is 226 g/mol. The second kappa shape index (κ2) is 7.83. The number of carboxylic acids is 1. The molecule has 0 saturated heterocycles. The number of carbonyl (C=O) groups excluding carboxylic acids is 1. The third-order valence-electron chi connectivity index (χ3n) is 2.03. The lowest BCUT2D eigenvalue weighted by molar-refractivity contribution is -0.138. The Labute approximate surface area is 110 Å². The van der Waals surface area contributed by atoms with Crippen molar-refractivity contribution >= 4 is 34.9 Å². The highest BCUT2D eigenvalue weighted by Gasteiger charge is 2.32. The van der Waals surface area contributed by atoms with E-state index in [-0.39, 0.29) is 42.6 Å². The van der Waals surface area contributed by atoms with E-state index < -0.39 is 23.4 Å². The molecule has 0 aromatic carbocycles. The molecule has 0 aromatic rings. The van der Waals surface area contributed by atoms with Gasteiger partial charge in [0.05, 0.1) is 13.0 Å². The zero-order valence-corrected chi connectivity index (χ0v) is 8.86. The molecule has 0 spiro atoms. The third-order valence-corrected chi connectivity index (χ3v) is 2.03. The van der Waals surface area contributed by atoms with Crippen LogP contribution in [0.25, 0.3) is 0 Å². The lowest BCUT2D eigenvalue weighted by Crippen LogP contribution is -2.45. The van der Waals surface area contributed by atoms with Gasteiger partial charge in [-0.15, -0.1) is 0 Å². The van der Waals surface area contributed by atoms with Crippen LogP contribution in [0.4, 0.5) is 0 Å². The number of amides is 1. The van der Waals surface area contributed by atoms with E-state index in [0.29, 0.717) is 0 Å². The van der Waals surface area contributed by atoms with Crippen molar-refractivity contribution in [2.45, 2.75) is 26.4 Å². The van der Waals surface area contributed by atoms with Gasteiger partial charge in [0.2, 0.25) is 5.91 Å². The Balaban J connectivity index is 0. The van der Waals surface area contributed by atoms with Crippen molar-refractivity contribution in [2.24, 2.45) is 5.41 Å². The fraction of sp³-hybridized carbons (Fsp3) is 0.778. The minimum Gasteiger partial charge on any atom is -0.481 e. The number of rotatable bonds is 6. The van der Waals surface area contributed by atoms with Gasteiger partial charge in [0.15, 0.2) is 0 Å². The predicted molar refractivity (Wildman–Crippen MR) is 60.7 cm³/mol. The summed E-state index contributed by atoms with van der Waals surface area (Å²) in [6.07, 6.45) is -1.55. The summed E-state index contributed by atoms with van der Waals surface area (Å²) in [5.41, 5.74) is -0.937. The minimum atomic E-state index is -1.35. The molecule has 0 bridgehead atoms. The van der Waals surface area contributed by atoms with Crippen LogP contribution in [-0.2, 0) is 9.59 Å². The van der Waals surface area contributed by atoms with Gasteiger partial charge in [-0.2, -0.15) is 0 Å². The van der Waals surface area contributed by atoms with Gasteiger partial charge in [-0.1, -0.05) is 13.8 Å². The Kier molecular flexibility index (Phi) is 8.81. The molecule has 0 saturated carbocycles. The van der Waals surface area contributed by atoms with E-state index in [4.69, 9.17) is 10.2 Å². The van der Waals surface area contributed by atoms with Gasteiger partial charge in [-0.25, -0.2) is 0 Å². The van der Waals surface area contributed by atoms with Crippen LogP contribution < -0.4 is 5.32 Å². The maximum atomic E-state index is 11.3. The molecule has 0 rings (SSSR count). The molecule has 0 aliphatic rings. The Morgan fingerprint density at radius 1 is 1.38 bits per heavy atom. The van der Waals surface area contributed by atoms with Crippen LogP contribution in [-0.4, -0.2) is 69.5 Å². The van der Waals surface area contributed by atoms with Crippen molar-refractivity contribution in [3.63, 3.8) is 0 Å². The normalized spacial score (nSPS) is 12.5. The number of aliphatic carboxylic acids is 1. The maximum absolute atomic E-state index is 11.3. The van der Waals surface area contributed by atoms with Gasteiger partial charge in [0.1, 0.15) is 6.10 Å². The van der Waals surface area contributed by atoms with Gasteiger partial charge in [0, 0.05) is 12.0 Å². The average molecular weight is 246 g/mol. The first-order valence-electron chi connectivity index (χ1n) is 4.59. The standard InChI is InChI=1S/C9H17NO5.Mg.2H/c1-9(2,5-11)7(14)8(15)10-4-3-6(12)13;;;/h7,11,14H,3-5H2,1-2H3,(H,10,15)(H,12,13);;;. The van der Waals surface area contributed by atoms with Gasteiger partial charge >= 0.3 is 29.0 Å². The molecule has 0 radical (unpaired) electrons. The smallest absolute Gasteiger partial charge is 0.316 e. The number of hydrogen-bond donors (Lipinski definition) is 4. The molecule has 1 unspecified atom stereocenters. The molecule has 7 heteroatoms. The van der Waals surface area contributed by atoms with Crippen LogP contribution in [0.5, 0.6) is 0 Å². The van der Waals surface area contributed by atoms with Crippen molar-refractivity contribution in [2.75, 3.05) is 13.2 Å². The zero-order valence-electron chi connectivity index (χ0n) is 8.86. The van der Waals surface area contributed by atoms with Gasteiger partial charge in [-0.05, 0) is 0 Å². The maximum Gasteiger partial charge on any atom is 0.316 e. The minimum absolute atomic E-state index is 0. The van der Waals surface area contributed by atoms with Crippen LogP contribution in [0.3, 0.4) is 0 Å². The second-order valence-electron chi connectivity index (χ2n) is 3.98. The number of aliphatic hydroxyl groups excluding tert-OH is 2. The molecule has 0 aliphatic heterocycles. The zero-order chi connectivity index (χ0) is 12.1. The molecule has 92 valence electrons. The van der Waals surface area contributed by atoms with Gasteiger partial charge in [-0.3, -0.25) is 9.59 Å². The van der Waals surface area contributed by atoms with E-state index in [2.05, 4.69) is 5.32 Å². The van der Waals surface area contributed by atoms with E-state index in [0.717, 1.165) is 0 Å². The highest BCUT2D eigenvalue weighted by atomic mass is 24.3. The summed E-state index contributed by atoms with van der Waals surface area (Å²) in [7, 11) is 0. The number of carboxylic acid groups (broad SMARTS) is 1. The Hall–Kier alpha value is -0.374. The molecule has 0 heterocycles. The molecule has 1 amide bonds. The van der Waals surface area contributed by atoms with E-state index in [1.54, 1.807) is 0 Å². The van der Waals surface area contributed by atoms with E-state index in [1.165, 1.54) is 13.8 Å². The third kappa shape index (κ3) is 6.26. The first-order chi connectivity index (χ1) is 6.81. The van der Waals surface area contributed by atoms with E-state index >= 15 is 0 Å². The molecule has 6 nitrogen and oxygen atoms in total. The van der Waals surface area contributed by atoms with Crippen molar-refractivity contribution < 1.29 is 24.9 Å². The fourth-order valence-electron chi connectivity index (χ4n) is 0.831. The first kappa shape index (κ1) is 18.0.